The zero-order valence-electron chi connectivity index (χ0n) is 17.6. The predicted molar refractivity (Wildman–Crippen MR) is 114 cm³/mol. The molecule has 2 rings (SSSR count). The van der Waals surface area contributed by atoms with E-state index in [0.29, 0.717) is 28.6 Å². The monoisotopic (exact) mass is 375 g/mol. The van der Waals surface area contributed by atoms with Gasteiger partial charge in [-0.3, -0.25) is 4.79 Å². The molecule has 140 valence electrons. The number of hydrogen-bond donors (Lipinski definition) is 0. The molecule has 0 aliphatic carbocycles. The van der Waals surface area contributed by atoms with Crippen LogP contribution in [0.15, 0.2) is 30.3 Å². The largest absolute Gasteiger partial charge is 0.363 e. The van der Waals surface area contributed by atoms with Gasteiger partial charge in [-0.15, -0.1) is 0 Å². The maximum atomic E-state index is 13.5. The Hall–Kier alpha value is -0.876. The van der Waals surface area contributed by atoms with E-state index in [1.165, 1.54) is 5.56 Å². The molecule has 4 heteroatoms. The van der Waals surface area contributed by atoms with E-state index in [1.54, 1.807) is 0 Å². The molecule has 0 radical (unpaired) electrons. The van der Waals surface area contributed by atoms with Gasteiger partial charge in [0.2, 0.25) is 5.91 Å². The molecule has 2 atom stereocenters. The van der Waals surface area contributed by atoms with Crippen molar-refractivity contribution in [2.75, 3.05) is 0 Å². The first-order chi connectivity index (χ1) is 11.5. The molecule has 1 aliphatic heterocycles. The van der Waals surface area contributed by atoms with Crippen LogP contribution >= 0.6 is 0 Å². The van der Waals surface area contributed by atoms with Crippen LogP contribution in [0.25, 0.3) is 0 Å². The molecular formula is C21H37NOSi2. The zero-order chi connectivity index (χ0) is 19.2. The summed E-state index contributed by atoms with van der Waals surface area (Å²) in [6, 6.07) is 11.1. The van der Waals surface area contributed by atoms with Crippen LogP contribution in [0.3, 0.4) is 0 Å². The third-order valence-corrected chi connectivity index (χ3v) is 16.1. The predicted octanol–water partition coefficient (Wildman–Crippen LogP) is 6.45. The summed E-state index contributed by atoms with van der Waals surface area (Å²) in [5.74, 6) is 0.454. The van der Waals surface area contributed by atoms with E-state index < -0.39 is 16.3 Å². The Bertz CT molecular complexity index is 582. The van der Waals surface area contributed by atoms with E-state index in [1.807, 2.05) is 0 Å². The summed E-state index contributed by atoms with van der Waals surface area (Å²) in [6.45, 7) is 21.2. The van der Waals surface area contributed by atoms with Gasteiger partial charge in [0.25, 0.3) is 0 Å². The average molecular weight is 376 g/mol. The normalized spacial score (nSPS) is 22.1. The van der Waals surface area contributed by atoms with Crippen LogP contribution in [0.5, 0.6) is 0 Å². The lowest BCUT2D eigenvalue weighted by Crippen LogP contribution is -2.70. The van der Waals surface area contributed by atoms with Gasteiger partial charge in [-0.2, -0.15) is 0 Å². The third kappa shape index (κ3) is 3.16. The Labute approximate surface area is 157 Å². The van der Waals surface area contributed by atoms with Crippen LogP contribution in [-0.2, 0) is 4.79 Å². The standard InChI is InChI=1S/C21H37NOSi2/c1-15(2)25(16(3)4,17(5)6)20-19(18-13-11-10-12-14-18)22(21(20)23)24(7,8)9/h10-17,19-20H,1-9H3/t19-,20-/m1/s1. The third-order valence-electron chi connectivity index (χ3n) is 6.50. The highest BCUT2D eigenvalue weighted by Gasteiger charge is 2.64. The lowest BCUT2D eigenvalue weighted by molar-refractivity contribution is -0.139. The minimum Gasteiger partial charge on any atom is -0.363 e. The Morgan fingerprint density at radius 3 is 1.64 bits per heavy atom. The van der Waals surface area contributed by atoms with Gasteiger partial charge in [-0.25, -0.2) is 0 Å². The molecule has 1 aromatic rings. The van der Waals surface area contributed by atoms with Crippen molar-refractivity contribution in [1.29, 1.82) is 0 Å². The minimum atomic E-state index is -1.84. The molecule has 25 heavy (non-hydrogen) atoms. The van der Waals surface area contributed by atoms with Crippen molar-refractivity contribution in [3.63, 3.8) is 0 Å². The lowest BCUT2D eigenvalue weighted by atomic mass is 9.96. The molecule has 1 amide bonds. The first-order valence-electron chi connectivity index (χ1n) is 9.85. The Morgan fingerprint density at radius 2 is 1.28 bits per heavy atom. The quantitative estimate of drug-likeness (QED) is 0.413. The summed E-state index contributed by atoms with van der Waals surface area (Å²) >= 11 is 0. The topological polar surface area (TPSA) is 20.3 Å². The zero-order valence-corrected chi connectivity index (χ0v) is 19.6. The number of carbonyl (C=O) groups excluding carboxylic acids is 1. The van der Waals surface area contributed by atoms with Crippen molar-refractivity contribution in [3.8, 4) is 0 Å². The SMILES string of the molecule is CC(C)[Si](C(C)C)(C(C)C)[C@H]1C(=O)N([Si](C)(C)C)[C@@H]1c1ccccc1. The summed E-state index contributed by atoms with van der Waals surface area (Å²) in [5, 5.41) is 0. The number of rotatable bonds is 6. The van der Waals surface area contributed by atoms with E-state index >= 15 is 0 Å². The average Bonchev–Trinajstić information content (AvgIpc) is 2.47. The first-order valence-corrected chi connectivity index (χ1v) is 15.6. The van der Waals surface area contributed by atoms with Gasteiger partial charge >= 0.3 is 0 Å². The number of benzene rings is 1. The molecule has 0 bridgehead atoms. The summed E-state index contributed by atoms with van der Waals surface area (Å²) in [6.07, 6.45) is 0. The van der Waals surface area contributed by atoms with Crippen LogP contribution in [0, 0.1) is 0 Å². The van der Waals surface area contributed by atoms with Crippen LogP contribution in [0.2, 0.25) is 41.8 Å². The van der Waals surface area contributed by atoms with Gasteiger partial charge in [-0.1, -0.05) is 91.5 Å². The fraction of sp³-hybridized carbons (Fsp3) is 0.667. The van der Waals surface area contributed by atoms with Crippen molar-refractivity contribution in [2.24, 2.45) is 0 Å². The van der Waals surface area contributed by atoms with Crippen LogP contribution in [-0.4, -0.2) is 26.8 Å². The maximum absolute atomic E-state index is 13.5. The van der Waals surface area contributed by atoms with E-state index in [2.05, 4.69) is 96.1 Å². The van der Waals surface area contributed by atoms with E-state index in [9.17, 15) is 4.79 Å². The molecule has 0 spiro atoms. The summed E-state index contributed by atoms with van der Waals surface area (Å²) in [7, 11) is -3.54. The smallest absolute Gasteiger partial charge is 0.217 e. The summed E-state index contributed by atoms with van der Waals surface area (Å²) in [4.78, 5) is 13.5. The van der Waals surface area contributed by atoms with Crippen molar-refractivity contribution in [3.05, 3.63) is 35.9 Å². The van der Waals surface area contributed by atoms with Crippen molar-refractivity contribution >= 4 is 22.2 Å². The molecule has 1 saturated heterocycles. The van der Waals surface area contributed by atoms with Gasteiger partial charge in [0.15, 0.2) is 8.24 Å². The van der Waals surface area contributed by atoms with Gasteiger partial charge in [0, 0.05) is 0 Å². The number of hydrogen-bond acceptors (Lipinski definition) is 1. The Balaban J connectivity index is 2.63. The highest BCUT2D eigenvalue weighted by Crippen LogP contribution is 2.61. The maximum Gasteiger partial charge on any atom is 0.217 e. The summed E-state index contributed by atoms with van der Waals surface area (Å²) in [5.41, 5.74) is 3.39. The molecule has 0 unspecified atom stereocenters. The molecule has 1 aromatic carbocycles. The molecular weight excluding hydrogens is 338 g/mol. The fourth-order valence-corrected chi connectivity index (χ4v) is 15.6. The molecule has 1 fully saturated rings. The van der Waals surface area contributed by atoms with Gasteiger partial charge < -0.3 is 4.57 Å². The second-order valence-electron chi connectivity index (χ2n) is 9.68. The highest BCUT2D eigenvalue weighted by atomic mass is 28.3. The van der Waals surface area contributed by atoms with E-state index in [-0.39, 0.29) is 5.54 Å². The fourth-order valence-electron chi connectivity index (χ4n) is 5.79. The second kappa shape index (κ2) is 7.03. The van der Waals surface area contributed by atoms with Gasteiger partial charge in [0.05, 0.1) is 19.7 Å². The van der Waals surface area contributed by atoms with Crippen LogP contribution < -0.4 is 0 Å². The first kappa shape index (κ1) is 20.4. The molecule has 1 aliphatic rings. The van der Waals surface area contributed by atoms with Gasteiger partial charge in [0.1, 0.15) is 0 Å². The number of amides is 1. The second-order valence-corrected chi connectivity index (χ2v) is 20.6. The number of β-lactam (4-membered cyclic amide) rings is 1. The van der Waals surface area contributed by atoms with Crippen molar-refractivity contribution < 1.29 is 4.79 Å². The minimum absolute atomic E-state index is 0.224. The Kier molecular flexibility index (Phi) is 5.75. The molecule has 0 N–H and O–H groups in total. The number of nitrogens with zero attached hydrogens (tertiary/aromatic N) is 1. The van der Waals surface area contributed by atoms with E-state index in [0.717, 1.165) is 0 Å². The highest BCUT2D eigenvalue weighted by molar-refractivity contribution is 6.89. The molecule has 2 nitrogen and oxygen atoms in total. The molecule has 1 heterocycles. The molecule has 0 saturated carbocycles. The number of carbonyl (C=O) groups is 1. The van der Waals surface area contributed by atoms with Gasteiger partial charge in [-0.05, 0) is 22.2 Å². The van der Waals surface area contributed by atoms with Crippen molar-refractivity contribution in [1.82, 2.24) is 4.57 Å². The van der Waals surface area contributed by atoms with E-state index in [4.69, 9.17) is 0 Å². The van der Waals surface area contributed by atoms with Crippen molar-refractivity contribution in [2.45, 2.75) is 89.4 Å². The Morgan fingerprint density at radius 1 is 0.840 bits per heavy atom. The summed E-state index contributed by atoms with van der Waals surface area (Å²) < 4.78 is 2.29. The lowest BCUT2D eigenvalue weighted by Gasteiger charge is -2.62. The molecule has 0 aromatic heterocycles. The van der Waals surface area contributed by atoms with Crippen LogP contribution in [0.1, 0.15) is 53.1 Å². The van der Waals surface area contributed by atoms with Crippen LogP contribution in [0.4, 0.5) is 0 Å².